The van der Waals surface area contributed by atoms with Crippen molar-refractivity contribution in [1.82, 2.24) is 15.3 Å². The first-order valence-corrected chi connectivity index (χ1v) is 10.1. The van der Waals surface area contributed by atoms with Gasteiger partial charge in [-0.15, -0.1) is 0 Å². The molecule has 2 aliphatic heterocycles. The van der Waals surface area contributed by atoms with Gasteiger partial charge in [0.05, 0.1) is 11.4 Å². The third-order valence-electron chi connectivity index (χ3n) is 5.18. The van der Waals surface area contributed by atoms with Crippen LogP contribution in [0, 0.1) is 12.8 Å². The first-order valence-electron chi connectivity index (χ1n) is 8.77. The van der Waals surface area contributed by atoms with Crippen molar-refractivity contribution >= 4 is 10.8 Å². The van der Waals surface area contributed by atoms with E-state index < -0.39 is 10.8 Å². The van der Waals surface area contributed by atoms with E-state index >= 15 is 0 Å². The van der Waals surface area contributed by atoms with Crippen molar-refractivity contribution in [1.29, 1.82) is 0 Å². The van der Waals surface area contributed by atoms with Gasteiger partial charge in [-0.2, -0.15) is 0 Å². The van der Waals surface area contributed by atoms with E-state index in [9.17, 15) is 4.21 Å². The molecule has 2 aromatic rings. The van der Waals surface area contributed by atoms with Crippen molar-refractivity contribution in [2.45, 2.75) is 36.9 Å². The smallest absolute Gasteiger partial charge is 0.159 e. The summed E-state index contributed by atoms with van der Waals surface area (Å²) in [5.74, 6) is 1.90. The van der Waals surface area contributed by atoms with Crippen LogP contribution in [-0.4, -0.2) is 43.9 Å². The molecule has 6 heteroatoms. The normalized spacial score (nSPS) is 29.4. The predicted molar refractivity (Wildman–Crippen MR) is 99.0 cm³/mol. The highest BCUT2D eigenvalue weighted by molar-refractivity contribution is 7.86. The van der Waals surface area contributed by atoms with Gasteiger partial charge in [0, 0.05) is 53.0 Å². The number of benzene rings is 1. The topological polar surface area (TPSA) is 64.1 Å². The van der Waals surface area contributed by atoms with Gasteiger partial charge in [-0.25, -0.2) is 9.97 Å². The fourth-order valence-corrected chi connectivity index (χ4v) is 5.92. The van der Waals surface area contributed by atoms with Gasteiger partial charge in [0.15, 0.2) is 5.82 Å². The summed E-state index contributed by atoms with van der Waals surface area (Å²) in [6.07, 6.45) is 4.68. The first kappa shape index (κ1) is 16.7. The van der Waals surface area contributed by atoms with Crippen LogP contribution >= 0.6 is 0 Å². The van der Waals surface area contributed by atoms with Gasteiger partial charge in [-0.1, -0.05) is 0 Å². The maximum Gasteiger partial charge on any atom is 0.159 e. The van der Waals surface area contributed by atoms with E-state index in [1.807, 2.05) is 43.6 Å². The van der Waals surface area contributed by atoms with Gasteiger partial charge < -0.3 is 10.1 Å². The van der Waals surface area contributed by atoms with Crippen LogP contribution in [0.4, 0.5) is 0 Å². The standard InChI is InChI=1S/C19H23N3O2S/c1-12-8-21-19(22-9-12)14-3-5-15(6-4-14)24-13(2)17-7-16-10-20-11-18(17)25(16)23/h3-6,8-9,13,16-18,20H,7,10-11H2,1-2H3. The molecule has 132 valence electrons. The van der Waals surface area contributed by atoms with Gasteiger partial charge >= 0.3 is 0 Å². The lowest BCUT2D eigenvalue weighted by atomic mass is 9.95. The maximum absolute atomic E-state index is 12.4. The average Bonchev–Trinajstić information content (AvgIpc) is 2.81. The molecule has 3 heterocycles. The lowest BCUT2D eigenvalue weighted by Gasteiger charge is -2.26. The minimum absolute atomic E-state index is 0.0559. The third-order valence-corrected chi connectivity index (χ3v) is 7.30. The molecular formula is C19H23N3O2S. The molecule has 2 bridgehead atoms. The van der Waals surface area contributed by atoms with E-state index in [4.69, 9.17) is 4.74 Å². The molecule has 1 aromatic heterocycles. The number of nitrogens with zero attached hydrogens (tertiary/aromatic N) is 2. The minimum Gasteiger partial charge on any atom is -0.490 e. The molecule has 5 unspecified atom stereocenters. The quantitative estimate of drug-likeness (QED) is 0.910. The highest BCUT2D eigenvalue weighted by atomic mass is 32.2. The van der Waals surface area contributed by atoms with Gasteiger partial charge in [0.2, 0.25) is 0 Å². The summed E-state index contributed by atoms with van der Waals surface area (Å²) in [5, 5.41) is 3.90. The van der Waals surface area contributed by atoms with Crippen molar-refractivity contribution in [2.24, 2.45) is 5.92 Å². The predicted octanol–water partition coefficient (Wildman–Crippen LogP) is 2.33. The monoisotopic (exact) mass is 357 g/mol. The lowest BCUT2D eigenvalue weighted by Crippen LogP contribution is -2.43. The number of hydrogen-bond donors (Lipinski definition) is 1. The Morgan fingerprint density at radius 2 is 1.92 bits per heavy atom. The minimum atomic E-state index is -0.717. The van der Waals surface area contributed by atoms with Crippen LogP contribution in [0.2, 0.25) is 0 Å². The van der Waals surface area contributed by atoms with Crippen molar-refractivity contribution in [3.05, 3.63) is 42.2 Å². The summed E-state index contributed by atoms with van der Waals surface area (Å²) >= 11 is 0. The molecule has 4 rings (SSSR count). The maximum atomic E-state index is 12.4. The molecule has 5 nitrogen and oxygen atoms in total. The zero-order valence-electron chi connectivity index (χ0n) is 14.5. The number of nitrogens with one attached hydrogen (secondary N) is 1. The highest BCUT2D eigenvalue weighted by Gasteiger charge is 2.46. The largest absolute Gasteiger partial charge is 0.490 e. The summed E-state index contributed by atoms with van der Waals surface area (Å²) in [5.41, 5.74) is 2.02. The van der Waals surface area contributed by atoms with Crippen LogP contribution in [-0.2, 0) is 10.8 Å². The molecule has 1 aromatic carbocycles. The summed E-state index contributed by atoms with van der Waals surface area (Å²) in [4.78, 5) is 8.71. The molecule has 2 fully saturated rings. The van der Waals surface area contributed by atoms with Crippen LogP contribution in [0.25, 0.3) is 11.4 Å². The Hall–Kier alpha value is -1.79. The Bertz CT molecular complexity index is 763. The number of rotatable bonds is 4. The van der Waals surface area contributed by atoms with Gasteiger partial charge in [0.1, 0.15) is 5.75 Å². The molecule has 0 saturated carbocycles. The molecular weight excluding hydrogens is 334 g/mol. The lowest BCUT2D eigenvalue weighted by molar-refractivity contribution is 0.150. The van der Waals surface area contributed by atoms with Crippen LogP contribution in [0.15, 0.2) is 36.7 Å². The Kier molecular flexibility index (Phi) is 4.56. The van der Waals surface area contributed by atoms with E-state index in [2.05, 4.69) is 22.2 Å². The molecule has 25 heavy (non-hydrogen) atoms. The second-order valence-electron chi connectivity index (χ2n) is 6.98. The number of fused-ring (bicyclic) bond motifs is 2. The number of hydrogen-bond acceptors (Lipinski definition) is 5. The Labute approximate surface area is 150 Å². The van der Waals surface area contributed by atoms with Crippen molar-refractivity contribution in [3.8, 4) is 17.1 Å². The first-order chi connectivity index (χ1) is 12.1. The summed E-state index contributed by atoms with van der Waals surface area (Å²) in [7, 11) is -0.717. The van der Waals surface area contributed by atoms with E-state index in [0.717, 1.165) is 42.2 Å². The molecule has 1 N–H and O–H groups in total. The SMILES string of the molecule is Cc1cnc(-c2ccc(OC(C)C3CC4CNCC3S4=O)cc2)nc1. The Morgan fingerprint density at radius 1 is 1.20 bits per heavy atom. The van der Waals surface area contributed by atoms with Crippen molar-refractivity contribution in [2.75, 3.05) is 13.1 Å². The number of ether oxygens (including phenoxy) is 1. The Balaban J connectivity index is 1.44. The molecule has 2 saturated heterocycles. The second-order valence-corrected chi connectivity index (χ2v) is 8.91. The third kappa shape index (κ3) is 3.33. The molecule has 2 aliphatic rings. The van der Waals surface area contributed by atoms with Gasteiger partial charge in [-0.05, 0) is 50.1 Å². The van der Waals surface area contributed by atoms with E-state index in [-0.39, 0.29) is 16.6 Å². The molecule has 5 atom stereocenters. The van der Waals surface area contributed by atoms with Crippen molar-refractivity contribution < 1.29 is 8.95 Å². The summed E-state index contributed by atoms with van der Waals surface area (Å²) in [6.45, 7) is 5.78. The number of aryl methyl sites for hydroxylation is 1. The van der Waals surface area contributed by atoms with Crippen LogP contribution in [0.5, 0.6) is 5.75 Å². The molecule has 0 amide bonds. The second kappa shape index (κ2) is 6.84. The van der Waals surface area contributed by atoms with Gasteiger partial charge in [-0.3, -0.25) is 4.21 Å². The average molecular weight is 357 g/mol. The zero-order chi connectivity index (χ0) is 17.4. The number of aromatic nitrogens is 2. The van der Waals surface area contributed by atoms with Crippen LogP contribution in [0.1, 0.15) is 18.9 Å². The van der Waals surface area contributed by atoms with Gasteiger partial charge in [0.25, 0.3) is 0 Å². The van der Waals surface area contributed by atoms with E-state index in [0.29, 0.717) is 5.92 Å². The fraction of sp³-hybridized carbons (Fsp3) is 0.474. The van der Waals surface area contributed by atoms with E-state index in [1.165, 1.54) is 0 Å². The highest BCUT2D eigenvalue weighted by Crippen LogP contribution is 2.35. The van der Waals surface area contributed by atoms with E-state index in [1.54, 1.807) is 0 Å². The van der Waals surface area contributed by atoms with Crippen LogP contribution < -0.4 is 10.1 Å². The Morgan fingerprint density at radius 3 is 2.60 bits per heavy atom. The van der Waals surface area contributed by atoms with Crippen molar-refractivity contribution in [3.63, 3.8) is 0 Å². The molecule has 0 aliphatic carbocycles. The molecule has 0 spiro atoms. The van der Waals surface area contributed by atoms with Crippen LogP contribution in [0.3, 0.4) is 0 Å². The summed E-state index contributed by atoms with van der Waals surface area (Å²) in [6, 6.07) is 7.90. The zero-order valence-corrected chi connectivity index (χ0v) is 15.3. The summed E-state index contributed by atoms with van der Waals surface area (Å²) < 4.78 is 18.5. The molecule has 0 radical (unpaired) electrons. The fourth-order valence-electron chi connectivity index (χ4n) is 3.78.